The second-order valence-corrected chi connectivity index (χ2v) is 10.0. The molecule has 1 saturated heterocycles. The van der Waals surface area contributed by atoms with E-state index in [1.165, 1.54) is 83.5 Å². The predicted octanol–water partition coefficient (Wildman–Crippen LogP) is 7.78. The molecule has 1 aliphatic heterocycles. The summed E-state index contributed by atoms with van der Waals surface area (Å²) in [7, 11) is 0. The van der Waals surface area contributed by atoms with Crippen molar-refractivity contribution in [1.82, 2.24) is 4.98 Å². The lowest BCUT2D eigenvalue weighted by molar-refractivity contribution is -0.295. The van der Waals surface area contributed by atoms with E-state index < -0.39 is 5.79 Å². The summed E-state index contributed by atoms with van der Waals surface area (Å²) in [4.78, 5) is 16.6. The third-order valence-electron chi connectivity index (χ3n) is 6.81. The second kappa shape index (κ2) is 17.0. The van der Waals surface area contributed by atoms with Crippen molar-refractivity contribution < 1.29 is 19.0 Å². The van der Waals surface area contributed by atoms with Crippen LogP contribution in [0.5, 0.6) is 0 Å². The number of carbonyl (C=O) groups excluding carboxylic acids is 1. The smallest absolute Gasteiger partial charge is 0.306 e. The number of hydrogen-bond acceptors (Lipinski definition) is 5. The SMILES string of the molecule is CCCCCCCCCCCCCCCCCC(=O)OC1COC(C)(c2ncccc2C)OC1. The van der Waals surface area contributed by atoms with Gasteiger partial charge in [-0.15, -0.1) is 0 Å². The molecule has 194 valence electrons. The van der Waals surface area contributed by atoms with Crippen LogP contribution in [0.25, 0.3) is 0 Å². The van der Waals surface area contributed by atoms with Crippen molar-refractivity contribution in [1.29, 1.82) is 0 Å². The summed E-state index contributed by atoms with van der Waals surface area (Å²) in [6.45, 7) is 6.80. The van der Waals surface area contributed by atoms with Crippen LogP contribution in [0.4, 0.5) is 0 Å². The zero-order chi connectivity index (χ0) is 24.5. The molecule has 0 bridgehead atoms. The van der Waals surface area contributed by atoms with E-state index in [0.717, 1.165) is 24.1 Å². The molecule has 0 saturated carbocycles. The molecule has 0 radical (unpaired) electrons. The highest BCUT2D eigenvalue weighted by Crippen LogP contribution is 2.31. The molecule has 5 heteroatoms. The van der Waals surface area contributed by atoms with Crippen LogP contribution in [0.15, 0.2) is 18.3 Å². The Morgan fingerprint density at radius 3 is 1.91 bits per heavy atom. The first-order valence-corrected chi connectivity index (χ1v) is 13.9. The Labute approximate surface area is 208 Å². The summed E-state index contributed by atoms with van der Waals surface area (Å²) in [6, 6.07) is 3.89. The normalized spacial score (nSPS) is 20.4. The number of rotatable bonds is 18. The molecule has 0 atom stereocenters. The zero-order valence-electron chi connectivity index (χ0n) is 22.1. The third-order valence-corrected chi connectivity index (χ3v) is 6.81. The second-order valence-electron chi connectivity index (χ2n) is 10.0. The molecule has 1 aromatic heterocycles. The zero-order valence-corrected chi connectivity index (χ0v) is 22.1. The minimum absolute atomic E-state index is 0.149. The molecule has 0 spiro atoms. The molecule has 2 heterocycles. The summed E-state index contributed by atoms with van der Waals surface area (Å²) in [6.07, 6.45) is 21.7. The van der Waals surface area contributed by atoms with Gasteiger partial charge < -0.3 is 14.2 Å². The van der Waals surface area contributed by atoms with Gasteiger partial charge in [0.1, 0.15) is 11.8 Å². The quantitative estimate of drug-likeness (QED) is 0.160. The fourth-order valence-electron chi connectivity index (χ4n) is 4.65. The molecular formula is C29H49NO4. The largest absolute Gasteiger partial charge is 0.457 e. The summed E-state index contributed by atoms with van der Waals surface area (Å²) in [5.41, 5.74) is 1.80. The van der Waals surface area contributed by atoms with Crippen LogP contribution in [-0.2, 0) is 24.8 Å². The first-order valence-electron chi connectivity index (χ1n) is 13.9. The number of unbranched alkanes of at least 4 members (excludes halogenated alkanes) is 14. The fourth-order valence-corrected chi connectivity index (χ4v) is 4.65. The topological polar surface area (TPSA) is 57.7 Å². The standard InChI is InChI=1S/C29H49NO4/c1-4-5-6-7-8-9-10-11-12-13-14-15-16-17-18-21-27(31)34-26-23-32-29(3,33-24-26)28-25(2)20-19-22-30-28/h19-20,22,26H,4-18,21,23-24H2,1-3H3. The van der Waals surface area contributed by atoms with E-state index in [4.69, 9.17) is 14.2 Å². The highest BCUT2D eigenvalue weighted by Gasteiger charge is 2.38. The Morgan fingerprint density at radius 2 is 1.41 bits per heavy atom. The lowest BCUT2D eigenvalue weighted by atomic mass is 10.0. The van der Waals surface area contributed by atoms with E-state index in [-0.39, 0.29) is 12.1 Å². The van der Waals surface area contributed by atoms with E-state index in [9.17, 15) is 4.79 Å². The molecule has 0 unspecified atom stereocenters. The number of esters is 1. The van der Waals surface area contributed by atoms with E-state index in [1.807, 2.05) is 26.0 Å². The van der Waals surface area contributed by atoms with Crippen LogP contribution in [0, 0.1) is 6.92 Å². The number of aryl methyl sites for hydroxylation is 1. The van der Waals surface area contributed by atoms with E-state index in [0.29, 0.717) is 19.6 Å². The van der Waals surface area contributed by atoms with Gasteiger partial charge in [0.05, 0.1) is 13.2 Å². The van der Waals surface area contributed by atoms with Crippen molar-refractivity contribution in [2.75, 3.05) is 13.2 Å². The molecule has 5 nitrogen and oxygen atoms in total. The predicted molar refractivity (Wildman–Crippen MR) is 138 cm³/mol. The van der Waals surface area contributed by atoms with Gasteiger partial charge in [-0.1, -0.05) is 103 Å². The number of pyridine rings is 1. The third kappa shape index (κ3) is 11.3. The van der Waals surface area contributed by atoms with Crippen LogP contribution >= 0.6 is 0 Å². The maximum absolute atomic E-state index is 12.2. The van der Waals surface area contributed by atoms with Gasteiger partial charge in [-0.2, -0.15) is 0 Å². The highest BCUT2D eigenvalue weighted by molar-refractivity contribution is 5.69. The molecule has 1 aromatic rings. The number of nitrogens with zero attached hydrogens (tertiary/aromatic N) is 1. The average molecular weight is 476 g/mol. The maximum Gasteiger partial charge on any atom is 0.306 e. The Balaban J connectivity index is 1.41. The summed E-state index contributed by atoms with van der Waals surface area (Å²) in [5.74, 6) is -1.04. The number of carbonyl (C=O) groups is 1. The van der Waals surface area contributed by atoms with Crippen molar-refractivity contribution in [3.8, 4) is 0 Å². The van der Waals surface area contributed by atoms with Gasteiger partial charge in [0, 0.05) is 12.6 Å². The summed E-state index contributed by atoms with van der Waals surface area (Å²) in [5, 5.41) is 0. The van der Waals surface area contributed by atoms with Crippen LogP contribution in [-0.4, -0.2) is 30.3 Å². The highest BCUT2D eigenvalue weighted by atomic mass is 16.7. The van der Waals surface area contributed by atoms with Crippen molar-refractivity contribution in [3.05, 3.63) is 29.6 Å². The minimum atomic E-state index is -0.886. The number of aromatic nitrogens is 1. The van der Waals surface area contributed by atoms with Gasteiger partial charge in [0.15, 0.2) is 0 Å². The fraction of sp³-hybridized carbons (Fsp3) is 0.793. The van der Waals surface area contributed by atoms with Gasteiger partial charge in [0.2, 0.25) is 5.79 Å². The lowest BCUT2D eigenvalue weighted by Gasteiger charge is -2.37. The van der Waals surface area contributed by atoms with Gasteiger partial charge in [-0.25, -0.2) is 0 Å². The van der Waals surface area contributed by atoms with Crippen LogP contribution in [0.1, 0.15) is 128 Å². The molecule has 1 aliphatic rings. The molecule has 34 heavy (non-hydrogen) atoms. The number of hydrogen-bond donors (Lipinski definition) is 0. The molecule has 0 aromatic carbocycles. The monoisotopic (exact) mass is 475 g/mol. The van der Waals surface area contributed by atoms with Gasteiger partial charge in [0.25, 0.3) is 0 Å². The minimum Gasteiger partial charge on any atom is -0.457 e. The molecule has 0 N–H and O–H groups in total. The molecule has 0 amide bonds. The van der Waals surface area contributed by atoms with Crippen molar-refractivity contribution in [2.24, 2.45) is 0 Å². The number of ether oxygens (including phenoxy) is 3. The summed E-state index contributed by atoms with van der Waals surface area (Å²) >= 11 is 0. The van der Waals surface area contributed by atoms with E-state index in [1.54, 1.807) is 6.20 Å². The van der Waals surface area contributed by atoms with Crippen LogP contribution in [0.2, 0.25) is 0 Å². The Bertz CT molecular complexity index is 670. The molecule has 1 fully saturated rings. The van der Waals surface area contributed by atoms with Crippen LogP contribution in [0.3, 0.4) is 0 Å². The van der Waals surface area contributed by atoms with Crippen molar-refractivity contribution in [3.63, 3.8) is 0 Å². The van der Waals surface area contributed by atoms with Gasteiger partial charge >= 0.3 is 5.97 Å². The molecule has 2 rings (SSSR count). The first kappa shape index (κ1) is 28.8. The van der Waals surface area contributed by atoms with Gasteiger partial charge in [-0.3, -0.25) is 9.78 Å². The Hall–Kier alpha value is -1.46. The molecule has 0 aliphatic carbocycles. The van der Waals surface area contributed by atoms with Crippen LogP contribution < -0.4 is 0 Å². The van der Waals surface area contributed by atoms with Crippen molar-refractivity contribution >= 4 is 5.97 Å². The summed E-state index contributed by atoms with van der Waals surface area (Å²) < 4.78 is 17.4. The van der Waals surface area contributed by atoms with E-state index in [2.05, 4.69) is 11.9 Å². The lowest BCUT2D eigenvalue weighted by Crippen LogP contribution is -2.44. The Kier molecular flexibility index (Phi) is 14.4. The van der Waals surface area contributed by atoms with Gasteiger partial charge in [-0.05, 0) is 31.9 Å². The Morgan fingerprint density at radius 1 is 0.912 bits per heavy atom. The van der Waals surface area contributed by atoms with E-state index >= 15 is 0 Å². The van der Waals surface area contributed by atoms with Crippen molar-refractivity contribution in [2.45, 2.75) is 135 Å². The molecular weight excluding hydrogens is 426 g/mol. The average Bonchev–Trinajstić information content (AvgIpc) is 2.83. The maximum atomic E-state index is 12.2. The first-order chi connectivity index (χ1) is 16.5.